The fourth-order valence-corrected chi connectivity index (χ4v) is 4.50. The topological polar surface area (TPSA) is 51.2 Å². The summed E-state index contributed by atoms with van der Waals surface area (Å²) in [5.41, 5.74) is 4.83. The Hall–Kier alpha value is -2.40. The minimum atomic E-state index is 0.198. The molecule has 0 aromatic heterocycles. The van der Waals surface area contributed by atoms with E-state index in [1.54, 1.807) is 21.3 Å². The van der Waals surface area contributed by atoms with Gasteiger partial charge < -0.3 is 19.3 Å². The zero-order valence-corrected chi connectivity index (χ0v) is 15.7. The highest BCUT2D eigenvalue weighted by Crippen LogP contribution is 2.47. The third kappa shape index (κ3) is 2.50. The lowest BCUT2D eigenvalue weighted by atomic mass is 9.81. The molecule has 2 aromatic rings. The Morgan fingerprint density at radius 2 is 1.58 bits per heavy atom. The highest BCUT2D eigenvalue weighted by molar-refractivity contribution is 5.54. The Bertz CT molecular complexity index is 848. The van der Waals surface area contributed by atoms with E-state index in [0.29, 0.717) is 11.8 Å². The number of phenols is 1. The third-order valence-corrected chi connectivity index (χ3v) is 5.80. The molecule has 5 nitrogen and oxygen atoms in total. The fourth-order valence-electron chi connectivity index (χ4n) is 4.50. The van der Waals surface area contributed by atoms with Gasteiger partial charge in [0.15, 0.2) is 11.5 Å². The molecule has 0 spiro atoms. The molecule has 1 N–H and O–H groups in total. The molecule has 138 valence electrons. The molecule has 0 fully saturated rings. The van der Waals surface area contributed by atoms with Crippen LogP contribution < -0.4 is 14.2 Å². The predicted octanol–water partition coefficient (Wildman–Crippen LogP) is 3.46. The largest absolute Gasteiger partial charge is 0.504 e. The molecule has 2 aromatic carbocycles. The van der Waals surface area contributed by atoms with Crippen molar-refractivity contribution in [1.29, 1.82) is 0 Å². The van der Waals surface area contributed by atoms with Crippen LogP contribution in [0.5, 0.6) is 23.0 Å². The molecule has 0 saturated heterocycles. The van der Waals surface area contributed by atoms with E-state index in [1.165, 1.54) is 22.3 Å². The number of hydrogen-bond donors (Lipinski definition) is 1. The number of benzene rings is 2. The van der Waals surface area contributed by atoms with Crippen molar-refractivity contribution in [3.63, 3.8) is 0 Å². The summed E-state index contributed by atoms with van der Waals surface area (Å²) in [5.74, 6) is 2.55. The lowest BCUT2D eigenvalue weighted by molar-refractivity contribution is 0.103. The molecule has 0 amide bonds. The summed E-state index contributed by atoms with van der Waals surface area (Å²) < 4.78 is 16.5. The number of aromatic hydroxyl groups is 1. The molecule has 2 heterocycles. The van der Waals surface area contributed by atoms with Gasteiger partial charge in [-0.25, -0.2) is 0 Å². The standard InChI is InChI=1S/C21H25NO4/c1-12-7-13-8-21(26-4)18(23)10-14(13)17-9-15-16(11-22(12)17)20(25-3)6-5-19(15)24-2/h5-6,8,10,12,17,23H,7,9,11H2,1-4H3/t12-,17?/m0/s1. The summed E-state index contributed by atoms with van der Waals surface area (Å²) >= 11 is 0. The van der Waals surface area contributed by atoms with E-state index >= 15 is 0 Å². The lowest BCUT2D eigenvalue weighted by Crippen LogP contribution is -2.45. The first-order valence-electron chi connectivity index (χ1n) is 8.95. The molecule has 2 atom stereocenters. The van der Waals surface area contributed by atoms with Crippen LogP contribution in [-0.4, -0.2) is 37.4 Å². The van der Waals surface area contributed by atoms with Crippen molar-refractivity contribution in [2.75, 3.05) is 21.3 Å². The first kappa shape index (κ1) is 17.0. The van der Waals surface area contributed by atoms with Crippen LogP contribution in [0, 0.1) is 0 Å². The Morgan fingerprint density at radius 1 is 0.923 bits per heavy atom. The van der Waals surface area contributed by atoms with Gasteiger partial charge in [-0.1, -0.05) is 0 Å². The Balaban J connectivity index is 1.84. The van der Waals surface area contributed by atoms with E-state index in [1.807, 2.05) is 24.3 Å². The van der Waals surface area contributed by atoms with Crippen LogP contribution >= 0.6 is 0 Å². The van der Waals surface area contributed by atoms with Gasteiger partial charge in [0.05, 0.1) is 21.3 Å². The summed E-state index contributed by atoms with van der Waals surface area (Å²) in [5, 5.41) is 10.3. The van der Waals surface area contributed by atoms with Gasteiger partial charge in [0.25, 0.3) is 0 Å². The average molecular weight is 355 g/mol. The Labute approximate surface area is 154 Å². The number of nitrogens with zero attached hydrogens (tertiary/aromatic N) is 1. The normalized spacial score (nSPS) is 21.4. The second kappa shape index (κ2) is 6.40. The molecule has 2 aliphatic rings. The van der Waals surface area contributed by atoms with Crippen molar-refractivity contribution in [3.05, 3.63) is 46.5 Å². The molecular weight excluding hydrogens is 330 g/mol. The van der Waals surface area contributed by atoms with Crippen molar-refractivity contribution in [2.24, 2.45) is 0 Å². The molecule has 0 bridgehead atoms. The van der Waals surface area contributed by atoms with Crippen LogP contribution in [0.2, 0.25) is 0 Å². The Morgan fingerprint density at radius 3 is 2.23 bits per heavy atom. The zero-order chi connectivity index (χ0) is 18.4. The second-order valence-corrected chi connectivity index (χ2v) is 7.10. The average Bonchev–Trinajstić information content (AvgIpc) is 2.66. The monoisotopic (exact) mass is 355 g/mol. The number of rotatable bonds is 3. The van der Waals surface area contributed by atoms with Crippen molar-refractivity contribution >= 4 is 0 Å². The van der Waals surface area contributed by atoms with E-state index in [4.69, 9.17) is 14.2 Å². The van der Waals surface area contributed by atoms with Gasteiger partial charge in [-0.2, -0.15) is 0 Å². The quantitative estimate of drug-likeness (QED) is 0.914. The summed E-state index contributed by atoms with van der Waals surface area (Å²) in [6.07, 6.45) is 1.77. The molecule has 5 heteroatoms. The maximum Gasteiger partial charge on any atom is 0.160 e. The fraction of sp³-hybridized carbons (Fsp3) is 0.429. The molecule has 26 heavy (non-hydrogen) atoms. The molecule has 0 radical (unpaired) electrons. The van der Waals surface area contributed by atoms with Crippen LogP contribution in [0.1, 0.15) is 35.2 Å². The first-order chi connectivity index (χ1) is 12.6. The van der Waals surface area contributed by atoms with Gasteiger partial charge in [-0.05, 0) is 55.2 Å². The van der Waals surface area contributed by atoms with E-state index in [0.717, 1.165) is 30.9 Å². The van der Waals surface area contributed by atoms with E-state index in [2.05, 4.69) is 11.8 Å². The van der Waals surface area contributed by atoms with Crippen LogP contribution in [0.3, 0.4) is 0 Å². The SMILES string of the molecule is COc1cc2c(cc1O)C1Cc3c(OC)ccc(OC)c3CN1[C@@H](C)C2. The zero-order valence-electron chi connectivity index (χ0n) is 15.7. The van der Waals surface area contributed by atoms with Crippen LogP contribution in [0.15, 0.2) is 24.3 Å². The molecule has 2 aliphatic heterocycles. The summed E-state index contributed by atoms with van der Waals surface area (Å²) in [6, 6.07) is 8.42. The van der Waals surface area contributed by atoms with Crippen molar-refractivity contribution in [1.82, 2.24) is 4.90 Å². The van der Waals surface area contributed by atoms with Gasteiger partial charge in [0.2, 0.25) is 0 Å². The van der Waals surface area contributed by atoms with Crippen LogP contribution in [0.25, 0.3) is 0 Å². The van der Waals surface area contributed by atoms with Crippen molar-refractivity contribution < 1.29 is 19.3 Å². The highest BCUT2D eigenvalue weighted by Gasteiger charge is 2.38. The van der Waals surface area contributed by atoms with E-state index in [9.17, 15) is 5.11 Å². The molecule has 0 saturated carbocycles. The highest BCUT2D eigenvalue weighted by atomic mass is 16.5. The summed E-state index contributed by atoms with van der Waals surface area (Å²) in [4.78, 5) is 2.50. The van der Waals surface area contributed by atoms with Gasteiger partial charge in [-0.15, -0.1) is 0 Å². The maximum atomic E-state index is 10.3. The Kier molecular flexibility index (Phi) is 4.19. The van der Waals surface area contributed by atoms with Gasteiger partial charge >= 0.3 is 0 Å². The summed E-state index contributed by atoms with van der Waals surface area (Å²) in [6.45, 7) is 3.07. The molecule has 4 rings (SSSR count). The lowest BCUT2D eigenvalue weighted by Gasteiger charge is -2.46. The smallest absolute Gasteiger partial charge is 0.160 e. The van der Waals surface area contributed by atoms with Crippen molar-refractivity contribution in [3.8, 4) is 23.0 Å². The van der Waals surface area contributed by atoms with E-state index in [-0.39, 0.29) is 11.8 Å². The second-order valence-electron chi connectivity index (χ2n) is 7.10. The number of fused-ring (bicyclic) bond motifs is 4. The third-order valence-electron chi connectivity index (χ3n) is 5.80. The minimum absolute atomic E-state index is 0.198. The predicted molar refractivity (Wildman–Crippen MR) is 99.4 cm³/mol. The van der Waals surface area contributed by atoms with Gasteiger partial charge in [0.1, 0.15) is 11.5 Å². The number of hydrogen-bond acceptors (Lipinski definition) is 5. The van der Waals surface area contributed by atoms with Crippen molar-refractivity contribution in [2.45, 2.75) is 38.4 Å². The first-order valence-corrected chi connectivity index (χ1v) is 8.95. The van der Waals surface area contributed by atoms with Gasteiger partial charge in [-0.3, -0.25) is 4.90 Å². The number of ether oxygens (including phenoxy) is 3. The number of methoxy groups -OCH3 is 3. The van der Waals surface area contributed by atoms with E-state index < -0.39 is 0 Å². The van der Waals surface area contributed by atoms with Crippen LogP contribution in [0.4, 0.5) is 0 Å². The maximum absolute atomic E-state index is 10.3. The molecule has 0 aliphatic carbocycles. The number of phenolic OH excluding ortho intramolecular Hbond substituents is 1. The van der Waals surface area contributed by atoms with Crippen LogP contribution in [-0.2, 0) is 19.4 Å². The summed E-state index contributed by atoms with van der Waals surface area (Å²) in [7, 11) is 5.02. The van der Waals surface area contributed by atoms with Gasteiger partial charge in [0, 0.05) is 29.8 Å². The minimum Gasteiger partial charge on any atom is -0.504 e. The molecular formula is C21H25NO4. The molecule has 1 unspecified atom stereocenters.